The molecule has 2 aromatic rings. The van der Waals surface area contributed by atoms with E-state index in [4.69, 9.17) is 9.47 Å². The third-order valence-corrected chi connectivity index (χ3v) is 6.69. The van der Waals surface area contributed by atoms with E-state index >= 15 is 0 Å². The number of piperidine rings is 1. The molecule has 0 aliphatic carbocycles. The molecule has 32 heavy (non-hydrogen) atoms. The summed E-state index contributed by atoms with van der Waals surface area (Å²) in [5.74, 6) is 0.463. The smallest absolute Gasteiger partial charge is 0.259 e. The monoisotopic (exact) mass is 439 g/mol. The van der Waals surface area contributed by atoms with Crippen molar-refractivity contribution in [1.29, 1.82) is 0 Å². The third kappa shape index (κ3) is 4.14. The molecule has 170 valence electrons. The Hall–Kier alpha value is -3.13. The molecule has 1 aromatic heterocycles. The highest BCUT2D eigenvalue weighted by Gasteiger charge is 2.47. The van der Waals surface area contributed by atoms with Crippen molar-refractivity contribution >= 4 is 11.8 Å². The zero-order valence-electron chi connectivity index (χ0n) is 18.5. The number of aromatic nitrogens is 1. The Morgan fingerprint density at radius 3 is 2.41 bits per heavy atom. The molecule has 2 aliphatic heterocycles. The minimum atomic E-state index is -0.198. The van der Waals surface area contributed by atoms with E-state index in [2.05, 4.69) is 4.98 Å². The van der Waals surface area contributed by atoms with E-state index in [9.17, 15) is 14.7 Å². The lowest BCUT2D eigenvalue weighted by Gasteiger charge is -2.39. The number of rotatable bonds is 5. The molecule has 1 aromatic carbocycles. The van der Waals surface area contributed by atoms with E-state index in [0.717, 1.165) is 19.3 Å². The van der Waals surface area contributed by atoms with Crippen LogP contribution in [0, 0.1) is 5.41 Å². The average molecular weight is 440 g/mol. The number of pyridine rings is 1. The summed E-state index contributed by atoms with van der Waals surface area (Å²) < 4.78 is 10.4. The molecular weight excluding hydrogens is 410 g/mol. The lowest BCUT2D eigenvalue weighted by Crippen LogP contribution is -2.45. The van der Waals surface area contributed by atoms with Crippen LogP contribution in [-0.2, 0) is 0 Å². The number of amides is 2. The summed E-state index contributed by atoms with van der Waals surface area (Å²) >= 11 is 0. The second kappa shape index (κ2) is 9.16. The minimum Gasteiger partial charge on any atom is -0.481 e. The van der Waals surface area contributed by atoms with Gasteiger partial charge in [-0.05, 0) is 42.9 Å². The Morgan fingerprint density at radius 1 is 1.06 bits per heavy atom. The number of benzene rings is 1. The number of ether oxygens (including phenoxy) is 2. The van der Waals surface area contributed by atoms with Crippen LogP contribution in [0.25, 0.3) is 0 Å². The maximum atomic E-state index is 13.1. The fourth-order valence-electron chi connectivity index (χ4n) is 4.88. The van der Waals surface area contributed by atoms with Crippen LogP contribution in [0.15, 0.2) is 42.5 Å². The first-order chi connectivity index (χ1) is 15.5. The number of nitrogens with zero attached hydrogens (tertiary/aromatic N) is 3. The summed E-state index contributed by atoms with van der Waals surface area (Å²) in [6, 6.07) is 12.3. The highest BCUT2D eigenvalue weighted by atomic mass is 16.5. The van der Waals surface area contributed by atoms with Crippen LogP contribution in [0.2, 0.25) is 0 Å². The van der Waals surface area contributed by atoms with Crippen LogP contribution in [0.1, 0.15) is 40.0 Å². The Kier molecular flexibility index (Phi) is 6.32. The Morgan fingerprint density at radius 2 is 1.78 bits per heavy atom. The van der Waals surface area contributed by atoms with Crippen molar-refractivity contribution in [3.63, 3.8) is 0 Å². The van der Waals surface area contributed by atoms with Gasteiger partial charge >= 0.3 is 0 Å². The van der Waals surface area contributed by atoms with E-state index < -0.39 is 0 Å². The van der Waals surface area contributed by atoms with Gasteiger partial charge in [0.2, 0.25) is 11.8 Å². The zero-order chi connectivity index (χ0) is 22.7. The van der Waals surface area contributed by atoms with Crippen molar-refractivity contribution < 1.29 is 24.2 Å². The molecule has 4 rings (SSSR count). The highest BCUT2D eigenvalue weighted by Crippen LogP contribution is 2.44. The topological polar surface area (TPSA) is 92.2 Å². The van der Waals surface area contributed by atoms with E-state index in [1.54, 1.807) is 24.3 Å². The number of hydrogen-bond acceptors (Lipinski definition) is 6. The number of aliphatic hydroxyl groups excluding tert-OH is 1. The van der Waals surface area contributed by atoms with E-state index in [1.807, 2.05) is 28.0 Å². The number of likely N-dealkylation sites (tertiary alicyclic amines) is 2. The van der Waals surface area contributed by atoms with Gasteiger partial charge in [0.25, 0.3) is 11.8 Å². The van der Waals surface area contributed by atoms with Gasteiger partial charge in [-0.15, -0.1) is 0 Å². The second-order valence-corrected chi connectivity index (χ2v) is 8.54. The van der Waals surface area contributed by atoms with Gasteiger partial charge in [-0.3, -0.25) is 9.59 Å². The predicted molar refractivity (Wildman–Crippen MR) is 118 cm³/mol. The summed E-state index contributed by atoms with van der Waals surface area (Å²) in [6.07, 6.45) is 2.30. The molecule has 3 heterocycles. The summed E-state index contributed by atoms with van der Waals surface area (Å²) in [5.41, 5.74) is 0.955. The standard InChI is InChI=1S/C24H29N3O5/c1-31-20-9-8-19(21(25-20)32-2)23(30)26-12-10-24(11-13-26)14-18(15-28)27(16-24)22(29)17-6-4-3-5-7-17/h3-9,18,28H,10-16H2,1-2H3. The summed E-state index contributed by atoms with van der Waals surface area (Å²) in [7, 11) is 3.00. The summed E-state index contributed by atoms with van der Waals surface area (Å²) in [4.78, 5) is 34.0. The molecular formula is C24H29N3O5. The molecule has 1 unspecified atom stereocenters. The van der Waals surface area contributed by atoms with Gasteiger partial charge in [0.15, 0.2) is 0 Å². The fourth-order valence-corrected chi connectivity index (χ4v) is 4.88. The molecule has 2 aliphatic rings. The first-order valence-corrected chi connectivity index (χ1v) is 10.9. The SMILES string of the molecule is COc1ccc(C(=O)N2CCC3(CC2)CC(CO)N(C(=O)c2ccccc2)C3)c(OC)n1. The predicted octanol–water partition coefficient (Wildman–Crippen LogP) is 2.23. The quantitative estimate of drug-likeness (QED) is 0.768. The van der Waals surface area contributed by atoms with Crippen LogP contribution < -0.4 is 9.47 Å². The molecule has 8 heteroatoms. The van der Waals surface area contributed by atoms with Gasteiger partial charge in [0.05, 0.1) is 26.9 Å². The lowest BCUT2D eigenvalue weighted by atomic mass is 9.76. The zero-order valence-corrected chi connectivity index (χ0v) is 18.5. The van der Waals surface area contributed by atoms with E-state index in [1.165, 1.54) is 14.2 Å². The van der Waals surface area contributed by atoms with Crippen molar-refractivity contribution in [2.24, 2.45) is 5.41 Å². The first kappa shape index (κ1) is 22.1. The summed E-state index contributed by atoms with van der Waals surface area (Å²) in [5, 5.41) is 9.95. The normalized spacial score (nSPS) is 19.8. The molecule has 2 saturated heterocycles. The molecule has 1 spiro atoms. The van der Waals surface area contributed by atoms with Gasteiger partial charge < -0.3 is 24.4 Å². The Bertz CT molecular complexity index is 973. The van der Waals surface area contributed by atoms with Crippen molar-refractivity contribution in [1.82, 2.24) is 14.8 Å². The van der Waals surface area contributed by atoms with Gasteiger partial charge in [-0.1, -0.05) is 18.2 Å². The summed E-state index contributed by atoms with van der Waals surface area (Å²) in [6.45, 7) is 1.71. The maximum Gasteiger partial charge on any atom is 0.259 e. The van der Waals surface area contributed by atoms with Gasteiger partial charge in [0, 0.05) is 31.3 Å². The van der Waals surface area contributed by atoms with Crippen LogP contribution in [-0.4, -0.2) is 78.2 Å². The van der Waals surface area contributed by atoms with Crippen LogP contribution in [0.5, 0.6) is 11.8 Å². The minimum absolute atomic E-state index is 0.0472. The van der Waals surface area contributed by atoms with E-state index in [-0.39, 0.29) is 35.8 Å². The highest BCUT2D eigenvalue weighted by molar-refractivity contribution is 5.96. The number of methoxy groups -OCH3 is 2. The van der Waals surface area contributed by atoms with Crippen molar-refractivity contribution in [2.45, 2.75) is 25.3 Å². The Balaban J connectivity index is 1.45. The van der Waals surface area contributed by atoms with Crippen molar-refractivity contribution in [3.8, 4) is 11.8 Å². The van der Waals surface area contributed by atoms with Gasteiger partial charge in [-0.25, -0.2) is 0 Å². The van der Waals surface area contributed by atoms with Gasteiger partial charge in [-0.2, -0.15) is 4.98 Å². The van der Waals surface area contributed by atoms with Crippen molar-refractivity contribution in [3.05, 3.63) is 53.6 Å². The molecule has 2 amide bonds. The maximum absolute atomic E-state index is 13.1. The fraction of sp³-hybridized carbons (Fsp3) is 0.458. The average Bonchev–Trinajstić information content (AvgIpc) is 3.21. The number of hydrogen-bond donors (Lipinski definition) is 1. The first-order valence-electron chi connectivity index (χ1n) is 10.9. The molecule has 8 nitrogen and oxygen atoms in total. The van der Waals surface area contributed by atoms with Crippen LogP contribution in [0.3, 0.4) is 0 Å². The number of carbonyl (C=O) groups excluding carboxylic acids is 2. The molecule has 0 bridgehead atoms. The molecule has 1 N–H and O–H groups in total. The number of aliphatic hydroxyl groups is 1. The van der Waals surface area contributed by atoms with Crippen molar-refractivity contribution in [2.75, 3.05) is 40.5 Å². The second-order valence-electron chi connectivity index (χ2n) is 8.54. The molecule has 1 atom stereocenters. The van der Waals surface area contributed by atoms with Crippen LogP contribution >= 0.6 is 0 Å². The van der Waals surface area contributed by atoms with Crippen LogP contribution in [0.4, 0.5) is 0 Å². The van der Waals surface area contributed by atoms with E-state index in [0.29, 0.717) is 36.6 Å². The molecule has 2 fully saturated rings. The van der Waals surface area contributed by atoms with Gasteiger partial charge in [0.1, 0.15) is 5.56 Å². The largest absolute Gasteiger partial charge is 0.481 e. The lowest BCUT2D eigenvalue weighted by molar-refractivity contribution is 0.0556. The Labute approximate surface area is 187 Å². The number of carbonyl (C=O) groups is 2. The molecule has 0 saturated carbocycles. The molecule has 0 radical (unpaired) electrons. The third-order valence-electron chi connectivity index (χ3n) is 6.69.